The third kappa shape index (κ3) is 4.03. The molecule has 3 rings (SSSR count). The van der Waals surface area contributed by atoms with Gasteiger partial charge < -0.3 is 9.64 Å². The molecule has 0 fully saturated rings. The minimum atomic E-state index is -0.514. The Balaban J connectivity index is 1.67. The van der Waals surface area contributed by atoms with E-state index in [4.69, 9.17) is 4.74 Å². The van der Waals surface area contributed by atoms with E-state index in [0.29, 0.717) is 12.1 Å². The summed E-state index contributed by atoms with van der Waals surface area (Å²) in [7, 11) is 1.70. The second-order valence-corrected chi connectivity index (χ2v) is 6.77. The van der Waals surface area contributed by atoms with Crippen LogP contribution in [0.4, 0.5) is 0 Å². The van der Waals surface area contributed by atoms with Crippen molar-refractivity contribution in [1.29, 1.82) is 0 Å². The van der Waals surface area contributed by atoms with Crippen molar-refractivity contribution in [2.24, 2.45) is 0 Å². The molecule has 0 aliphatic heterocycles. The number of ether oxygens (including phenoxy) is 1. The molecule has 0 radical (unpaired) electrons. The summed E-state index contributed by atoms with van der Waals surface area (Å²) in [5, 5.41) is 2.68. The van der Waals surface area contributed by atoms with Crippen LogP contribution in [0.2, 0.25) is 0 Å². The Morgan fingerprint density at radius 2 is 2.00 bits per heavy atom. The van der Waals surface area contributed by atoms with E-state index in [1.54, 1.807) is 29.4 Å². The Bertz CT molecular complexity index is 906. The summed E-state index contributed by atoms with van der Waals surface area (Å²) in [5.74, 6) is -0.753. The quantitative estimate of drug-likeness (QED) is 0.659. The van der Waals surface area contributed by atoms with Crippen molar-refractivity contribution < 1.29 is 14.3 Å². The smallest absolute Gasteiger partial charge is 0.339 e. The third-order valence-corrected chi connectivity index (χ3v) is 4.65. The van der Waals surface area contributed by atoms with Crippen molar-refractivity contribution in [1.82, 2.24) is 9.88 Å². The van der Waals surface area contributed by atoms with Gasteiger partial charge in [-0.2, -0.15) is 0 Å². The van der Waals surface area contributed by atoms with Crippen molar-refractivity contribution in [3.63, 3.8) is 0 Å². The number of aryl methyl sites for hydroxylation is 1. The first kappa shape index (κ1) is 17.1. The van der Waals surface area contributed by atoms with E-state index in [-0.39, 0.29) is 12.5 Å². The van der Waals surface area contributed by atoms with Crippen LogP contribution in [-0.4, -0.2) is 35.4 Å². The predicted molar refractivity (Wildman–Crippen MR) is 97.6 cm³/mol. The van der Waals surface area contributed by atoms with Crippen LogP contribution in [0, 0.1) is 6.92 Å². The number of fused-ring (bicyclic) bond motifs is 1. The maximum atomic E-state index is 12.4. The van der Waals surface area contributed by atoms with Crippen LogP contribution < -0.4 is 0 Å². The first-order valence-electron chi connectivity index (χ1n) is 7.84. The molecule has 2 heterocycles. The molecule has 25 heavy (non-hydrogen) atoms. The molecule has 0 spiro atoms. The molecular formula is C19H18N2O3S. The molecule has 0 bridgehead atoms. The number of nitrogens with zero attached hydrogens (tertiary/aromatic N) is 2. The van der Waals surface area contributed by atoms with Crippen LogP contribution >= 0.6 is 11.3 Å². The average Bonchev–Trinajstić information content (AvgIpc) is 3.11. The van der Waals surface area contributed by atoms with Crippen LogP contribution in [-0.2, 0) is 16.1 Å². The van der Waals surface area contributed by atoms with E-state index >= 15 is 0 Å². The maximum absolute atomic E-state index is 12.4. The monoisotopic (exact) mass is 354 g/mol. The van der Waals surface area contributed by atoms with Crippen LogP contribution in [0.3, 0.4) is 0 Å². The topological polar surface area (TPSA) is 59.5 Å². The molecular weight excluding hydrogens is 336 g/mol. The number of likely N-dealkylation sites (N-methyl/N-ethyl adjacent to an activating group) is 1. The van der Waals surface area contributed by atoms with Gasteiger partial charge in [0.25, 0.3) is 5.91 Å². The fraction of sp³-hybridized carbons (Fsp3) is 0.211. The highest BCUT2D eigenvalue weighted by Gasteiger charge is 2.17. The number of hydrogen-bond acceptors (Lipinski definition) is 5. The Labute approximate surface area is 149 Å². The van der Waals surface area contributed by atoms with E-state index in [9.17, 15) is 9.59 Å². The first-order chi connectivity index (χ1) is 12.0. The SMILES string of the molecule is Cc1cc(C(=O)OCC(=O)N(C)Cc2cccs2)c2ccccc2n1. The molecule has 0 aliphatic carbocycles. The number of aromatic nitrogens is 1. The van der Waals surface area contributed by atoms with Crippen molar-refractivity contribution in [3.8, 4) is 0 Å². The van der Waals surface area contributed by atoms with Gasteiger partial charge in [0.2, 0.25) is 0 Å². The number of pyridine rings is 1. The molecule has 0 unspecified atom stereocenters. The normalized spacial score (nSPS) is 10.6. The second kappa shape index (κ2) is 7.44. The van der Waals surface area contributed by atoms with E-state index in [2.05, 4.69) is 4.98 Å². The molecule has 5 nitrogen and oxygen atoms in total. The molecule has 0 N–H and O–H groups in total. The lowest BCUT2D eigenvalue weighted by atomic mass is 10.1. The van der Waals surface area contributed by atoms with Crippen LogP contribution in [0.15, 0.2) is 47.8 Å². The van der Waals surface area contributed by atoms with Crippen molar-refractivity contribution in [3.05, 3.63) is 64.0 Å². The molecule has 128 valence electrons. The number of carbonyl (C=O) groups is 2. The minimum absolute atomic E-state index is 0.239. The Morgan fingerprint density at radius 3 is 2.76 bits per heavy atom. The third-order valence-electron chi connectivity index (χ3n) is 3.79. The summed E-state index contributed by atoms with van der Waals surface area (Å²) < 4.78 is 5.24. The number of hydrogen-bond donors (Lipinski definition) is 0. The van der Waals surface area contributed by atoms with Crippen LogP contribution in [0.5, 0.6) is 0 Å². The zero-order valence-electron chi connectivity index (χ0n) is 14.1. The lowest BCUT2D eigenvalue weighted by Gasteiger charge is -2.16. The van der Waals surface area contributed by atoms with Gasteiger partial charge >= 0.3 is 5.97 Å². The number of rotatable bonds is 5. The van der Waals surface area contributed by atoms with Crippen molar-refractivity contribution in [2.75, 3.05) is 13.7 Å². The van der Waals surface area contributed by atoms with Gasteiger partial charge in [-0.15, -0.1) is 11.3 Å². The molecule has 6 heteroatoms. The lowest BCUT2D eigenvalue weighted by molar-refractivity contribution is -0.133. The lowest BCUT2D eigenvalue weighted by Crippen LogP contribution is -2.30. The average molecular weight is 354 g/mol. The molecule has 2 aromatic heterocycles. The molecule has 3 aromatic rings. The maximum Gasteiger partial charge on any atom is 0.339 e. The summed E-state index contributed by atoms with van der Waals surface area (Å²) in [6.07, 6.45) is 0. The van der Waals surface area contributed by atoms with Crippen molar-refractivity contribution >= 4 is 34.1 Å². The summed E-state index contributed by atoms with van der Waals surface area (Å²) in [5.41, 5.74) is 1.89. The molecule has 0 saturated carbocycles. The highest BCUT2D eigenvalue weighted by molar-refractivity contribution is 7.09. The van der Waals surface area contributed by atoms with Crippen LogP contribution in [0.25, 0.3) is 10.9 Å². The zero-order valence-corrected chi connectivity index (χ0v) is 14.9. The van der Waals surface area contributed by atoms with E-state index < -0.39 is 5.97 Å². The number of amides is 1. The van der Waals surface area contributed by atoms with Gasteiger partial charge in [0.05, 0.1) is 17.6 Å². The second-order valence-electron chi connectivity index (χ2n) is 5.73. The van der Waals surface area contributed by atoms with Crippen molar-refractivity contribution in [2.45, 2.75) is 13.5 Å². The summed E-state index contributed by atoms with van der Waals surface area (Å²) >= 11 is 1.58. The van der Waals surface area contributed by atoms with E-state index in [1.165, 1.54) is 0 Å². The highest BCUT2D eigenvalue weighted by Crippen LogP contribution is 2.19. The molecule has 0 aliphatic rings. The highest BCUT2D eigenvalue weighted by atomic mass is 32.1. The Hall–Kier alpha value is -2.73. The molecule has 1 amide bonds. The largest absolute Gasteiger partial charge is 0.452 e. The number of esters is 1. The van der Waals surface area contributed by atoms with Gasteiger partial charge in [-0.1, -0.05) is 24.3 Å². The number of para-hydroxylation sites is 1. The van der Waals surface area contributed by atoms with E-state index in [0.717, 1.165) is 21.5 Å². The summed E-state index contributed by atoms with van der Waals surface area (Å²) in [6, 6.07) is 13.0. The van der Waals surface area contributed by atoms with Gasteiger partial charge in [0.15, 0.2) is 6.61 Å². The predicted octanol–water partition coefficient (Wildman–Crippen LogP) is 3.42. The standard InChI is InChI=1S/C19H18N2O3S/c1-13-10-16(15-7-3-4-8-17(15)20-13)19(23)24-12-18(22)21(2)11-14-6-5-9-25-14/h3-10H,11-12H2,1-2H3. The first-order valence-corrected chi connectivity index (χ1v) is 8.72. The molecule has 0 saturated heterocycles. The Kier molecular flexibility index (Phi) is 5.09. The minimum Gasteiger partial charge on any atom is -0.452 e. The van der Waals surface area contributed by atoms with Gasteiger partial charge in [0.1, 0.15) is 0 Å². The zero-order chi connectivity index (χ0) is 17.8. The summed E-state index contributed by atoms with van der Waals surface area (Å²) in [6.45, 7) is 2.05. The fourth-order valence-electron chi connectivity index (χ4n) is 2.52. The van der Waals surface area contributed by atoms with Crippen LogP contribution in [0.1, 0.15) is 20.9 Å². The Morgan fingerprint density at radius 1 is 1.20 bits per heavy atom. The molecule has 1 aromatic carbocycles. The number of thiophene rings is 1. The van der Waals surface area contributed by atoms with Gasteiger partial charge in [-0.3, -0.25) is 9.78 Å². The number of carbonyl (C=O) groups excluding carboxylic acids is 2. The van der Waals surface area contributed by atoms with Gasteiger partial charge in [-0.05, 0) is 30.5 Å². The van der Waals surface area contributed by atoms with Gasteiger partial charge in [-0.25, -0.2) is 4.79 Å². The molecule has 0 atom stereocenters. The van der Waals surface area contributed by atoms with E-state index in [1.807, 2.05) is 48.7 Å². The summed E-state index contributed by atoms with van der Waals surface area (Å²) in [4.78, 5) is 31.6. The fourth-order valence-corrected chi connectivity index (χ4v) is 3.27. The van der Waals surface area contributed by atoms with Gasteiger partial charge in [0, 0.05) is 23.0 Å². The number of benzene rings is 1.